The van der Waals surface area contributed by atoms with E-state index in [1.807, 2.05) is 34.6 Å². The zero-order chi connectivity index (χ0) is 14.7. The number of nitrogens with zero attached hydrogens (tertiary/aromatic N) is 1. The molecule has 1 aliphatic rings. The zero-order valence-electron chi connectivity index (χ0n) is 12.7. The zero-order valence-corrected chi connectivity index (χ0v) is 14.2. The summed E-state index contributed by atoms with van der Waals surface area (Å²) in [6.45, 7) is 11.1. The first-order valence-electron chi connectivity index (χ1n) is 6.89. The molecule has 0 saturated carbocycles. The van der Waals surface area contributed by atoms with Crippen LogP contribution in [-0.4, -0.2) is 46.7 Å². The normalized spacial score (nSPS) is 19.6. The quantitative estimate of drug-likeness (QED) is 0.740. The third-order valence-electron chi connectivity index (χ3n) is 3.06. The topological polar surface area (TPSA) is 38.8 Å². The second-order valence-electron chi connectivity index (χ2n) is 6.45. The molecule has 1 rings (SSSR count). The molecule has 0 aliphatic carbocycles. The molecule has 0 N–H and O–H groups in total. The molecule has 0 aromatic rings. The van der Waals surface area contributed by atoms with Crippen molar-refractivity contribution in [3.05, 3.63) is 0 Å². The van der Waals surface area contributed by atoms with Crippen molar-refractivity contribution in [1.29, 1.82) is 0 Å². The van der Waals surface area contributed by atoms with E-state index in [4.69, 9.17) is 9.47 Å². The first-order valence-corrected chi connectivity index (χ1v) is 8.01. The molecule has 5 heteroatoms. The van der Waals surface area contributed by atoms with Crippen LogP contribution in [0.5, 0.6) is 0 Å². The van der Waals surface area contributed by atoms with Crippen molar-refractivity contribution in [1.82, 2.24) is 4.90 Å². The van der Waals surface area contributed by atoms with E-state index in [1.165, 1.54) is 0 Å². The Kier molecular flexibility index (Phi) is 5.68. The summed E-state index contributed by atoms with van der Waals surface area (Å²) in [6, 6.07) is 0. The summed E-state index contributed by atoms with van der Waals surface area (Å²) in [5.74, 6) is 0. The molecule has 1 fully saturated rings. The molecular formula is C14H26BrNO3. The minimum absolute atomic E-state index is 0.146. The molecule has 0 aromatic carbocycles. The van der Waals surface area contributed by atoms with Gasteiger partial charge < -0.3 is 14.4 Å². The molecular weight excluding hydrogens is 310 g/mol. The van der Waals surface area contributed by atoms with Crippen LogP contribution in [0.15, 0.2) is 0 Å². The number of rotatable bonds is 3. The number of piperidine rings is 1. The maximum absolute atomic E-state index is 12.0. The highest BCUT2D eigenvalue weighted by Crippen LogP contribution is 2.30. The first kappa shape index (κ1) is 16.8. The van der Waals surface area contributed by atoms with Gasteiger partial charge in [-0.2, -0.15) is 0 Å². The summed E-state index contributed by atoms with van der Waals surface area (Å²) in [5.41, 5.74) is -0.581. The standard InChI is InChI=1S/C14H26BrNO3/c1-11(2)18-14(10-15)6-8-16(9-7-14)12(17)19-13(3,4)5/h11H,6-10H2,1-5H3. The van der Waals surface area contributed by atoms with Crippen molar-refractivity contribution in [2.24, 2.45) is 0 Å². The maximum Gasteiger partial charge on any atom is 0.410 e. The fourth-order valence-electron chi connectivity index (χ4n) is 2.21. The second kappa shape index (κ2) is 6.44. The van der Waals surface area contributed by atoms with Gasteiger partial charge in [-0.25, -0.2) is 4.79 Å². The summed E-state index contributed by atoms with van der Waals surface area (Å²) in [6.07, 6.45) is 1.66. The Morgan fingerprint density at radius 3 is 2.21 bits per heavy atom. The van der Waals surface area contributed by atoms with Crippen molar-refractivity contribution >= 4 is 22.0 Å². The Hall–Kier alpha value is -0.290. The Morgan fingerprint density at radius 1 is 1.32 bits per heavy atom. The predicted molar refractivity (Wildman–Crippen MR) is 79.8 cm³/mol. The highest BCUT2D eigenvalue weighted by molar-refractivity contribution is 9.09. The van der Waals surface area contributed by atoms with Crippen molar-refractivity contribution in [3.8, 4) is 0 Å². The van der Waals surface area contributed by atoms with Gasteiger partial charge in [0, 0.05) is 18.4 Å². The average Bonchev–Trinajstić information content (AvgIpc) is 2.26. The Morgan fingerprint density at radius 2 is 1.84 bits per heavy atom. The van der Waals surface area contributed by atoms with E-state index in [-0.39, 0.29) is 17.8 Å². The minimum atomic E-state index is -0.435. The lowest BCUT2D eigenvalue weighted by Gasteiger charge is -2.41. The number of ether oxygens (including phenoxy) is 2. The van der Waals surface area contributed by atoms with Gasteiger partial charge in [0.25, 0.3) is 0 Å². The molecule has 1 saturated heterocycles. The molecule has 0 radical (unpaired) electrons. The molecule has 1 aliphatic heterocycles. The lowest BCUT2D eigenvalue weighted by Crippen LogP contribution is -2.50. The van der Waals surface area contributed by atoms with Crippen LogP contribution >= 0.6 is 15.9 Å². The Balaban J connectivity index is 2.54. The number of carbonyl (C=O) groups is 1. The van der Waals surface area contributed by atoms with Crippen LogP contribution in [0.3, 0.4) is 0 Å². The molecule has 0 unspecified atom stereocenters. The van der Waals surface area contributed by atoms with Gasteiger partial charge in [-0.1, -0.05) is 15.9 Å². The fourth-order valence-corrected chi connectivity index (χ4v) is 2.90. The van der Waals surface area contributed by atoms with Gasteiger partial charge in [-0.15, -0.1) is 0 Å². The summed E-state index contributed by atoms with van der Waals surface area (Å²) in [7, 11) is 0. The Bertz CT molecular complexity index is 304. The third kappa shape index (κ3) is 5.30. The van der Waals surface area contributed by atoms with E-state index in [2.05, 4.69) is 15.9 Å². The lowest BCUT2D eigenvalue weighted by atomic mass is 9.93. The second-order valence-corrected chi connectivity index (χ2v) is 7.01. The number of hydrogen-bond acceptors (Lipinski definition) is 3. The van der Waals surface area contributed by atoms with Gasteiger partial charge in [0.05, 0.1) is 11.7 Å². The average molecular weight is 336 g/mol. The molecule has 1 amide bonds. The maximum atomic E-state index is 12.0. The largest absolute Gasteiger partial charge is 0.444 e. The SMILES string of the molecule is CC(C)OC1(CBr)CCN(C(=O)OC(C)(C)C)CC1. The molecule has 19 heavy (non-hydrogen) atoms. The van der Waals surface area contributed by atoms with Crippen LogP contribution in [0.25, 0.3) is 0 Å². The summed E-state index contributed by atoms with van der Waals surface area (Å²) >= 11 is 3.54. The summed E-state index contributed by atoms with van der Waals surface area (Å²) < 4.78 is 11.4. The molecule has 0 spiro atoms. The molecule has 4 nitrogen and oxygen atoms in total. The minimum Gasteiger partial charge on any atom is -0.444 e. The fraction of sp³-hybridized carbons (Fsp3) is 0.929. The highest BCUT2D eigenvalue weighted by atomic mass is 79.9. The van der Waals surface area contributed by atoms with Crippen LogP contribution in [0, 0.1) is 0 Å². The first-order chi connectivity index (χ1) is 8.67. The van der Waals surface area contributed by atoms with Crippen LogP contribution in [0.2, 0.25) is 0 Å². The number of amides is 1. The van der Waals surface area contributed by atoms with Gasteiger partial charge in [0.1, 0.15) is 5.60 Å². The predicted octanol–water partition coefficient (Wildman–Crippen LogP) is 3.58. The molecule has 0 bridgehead atoms. The van der Waals surface area contributed by atoms with Crippen molar-refractivity contribution in [2.45, 2.75) is 64.8 Å². The lowest BCUT2D eigenvalue weighted by molar-refractivity contribution is -0.0955. The van der Waals surface area contributed by atoms with Crippen molar-refractivity contribution in [2.75, 3.05) is 18.4 Å². The van der Waals surface area contributed by atoms with E-state index in [9.17, 15) is 4.79 Å². The molecule has 0 aromatic heterocycles. The number of hydrogen-bond donors (Lipinski definition) is 0. The number of carbonyl (C=O) groups excluding carboxylic acids is 1. The van der Waals surface area contributed by atoms with E-state index in [0.29, 0.717) is 13.1 Å². The van der Waals surface area contributed by atoms with Gasteiger partial charge >= 0.3 is 6.09 Å². The van der Waals surface area contributed by atoms with Gasteiger partial charge in [-0.3, -0.25) is 0 Å². The van der Waals surface area contributed by atoms with Crippen LogP contribution in [-0.2, 0) is 9.47 Å². The molecule has 0 atom stereocenters. The van der Waals surface area contributed by atoms with Crippen LogP contribution in [0.4, 0.5) is 4.79 Å². The van der Waals surface area contributed by atoms with E-state index >= 15 is 0 Å². The highest BCUT2D eigenvalue weighted by Gasteiger charge is 2.37. The van der Waals surface area contributed by atoms with E-state index in [0.717, 1.165) is 18.2 Å². The number of alkyl halides is 1. The smallest absolute Gasteiger partial charge is 0.410 e. The summed E-state index contributed by atoms with van der Waals surface area (Å²) in [5, 5.41) is 0.806. The van der Waals surface area contributed by atoms with Crippen molar-refractivity contribution < 1.29 is 14.3 Å². The third-order valence-corrected chi connectivity index (χ3v) is 4.08. The van der Waals surface area contributed by atoms with Gasteiger partial charge in [0.15, 0.2) is 0 Å². The Labute approximate surface area is 124 Å². The van der Waals surface area contributed by atoms with E-state index in [1.54, 1.807) is 4.90 Å². The number of likely N-dealkylation sites (tertiary alicyclic amines) is 1. The van der Waals surface area contributed by atoms with Crippen molar-refractivity contribution in [3.63, 3.8) is 0 Å². The monoisotopic (exact) mass is 335 g/mol. The molecule has 1 heterocycles. The van der Waals surface area contributed by atoms with Crippen LogP contribution < -0.4 is 0 Å². The number of halogens is 1. The van der Waals surface area contributed by atoms with Gasteiger partial charge in [-0.05, 0) is 47.5 Å². The summed E-state index contributed by atoms with van der Waals surface area (Å²) in [4.78, 5) is 13.8. The van der Waals surface area contributed by atoms with Gasteiger partial charge in [0.2, 0.25) is 0 Å². The van der Waals surface area contributed by atoms with E-state index < -0.39 is 5.60 Å². The molecule has 112 valence electrons. The van der Waals surface area contributed by atoms with Crippen LogP contribution in [0.1, 0.15) is 47.5 Å².